The van der Waals surface area contributed by atoms with E-state index >= 15 is 0 Å². The predicted molar refractivity (Wildman–Crippen MR) is 78.2 cm³/mol. The second kappa shape index (κ2) is 5.33. The molecule has 0 aliphatic heterocycles. The van der Waals surface area contributed by atoms with Gasteiger partial charge in [0.1, 0.15) is 5.60 Å². The van der Waals surface area contributed by atoms with Crippen molar-refractivity contribution in [2.45, 2.75) is 52.6 Å². The number of carbonyl (C=O) groups excluding carboxylic acids is 1. The number of nitrogens with one attached hydrogen (secondary N) is 1. The van der Waals surface area contributed by atoms with Crippen LogP contribution in [0.3, 0.4) is 0 Å². The van der Waals surface area contributed by atoms with E-state index in [-0.39, 0.29) is 11.3 Å². The Bertz CT molecular complexity index is 470. The molecule has 0 aliphatic rings. The summed E-state index contributed by atoms with van der Waals surface area (Å²) < 4.78 is 0. The van der Waals surface area contributed by atoms with Crippen LogP contribution in [0.2, 0.25) is 0 Å². The molecule has 0 spiro atoms. The third-order valence-corrected chi connectivity index (χ3v) is 3.37. The Hall–Kier alpha value is -1.35. The molecule has 0 radical (unpaired) electrons. The van der Waals surface area contributed by atoms with E-state index in [1.807, 2.05) is 0 Å². The van der Waals surface area contributed by atoms with Gasteiger partial charge in [-0.2, -0.15) is 0 Å². The monoisotopic (exact) mass is 263 g/mol. The lowest BCUT2D eigenvalue weighted by Gasteiger charge is -2.29. The number of rotatable bonds is 4. The predicted octanol–water partition coefficient (Wildman–Crippen LogP) is 2.47. The molecule has 0 unspecified atom stereocenters. The van der Waals surface area contributed by atoms with E-state index in [9.17, 15) is 9.90 Å². The van der Waals surface area contributed by atoms with E-state index in [1.54, 1.807) is 0 Å². The molecule has 0 saturated heterocycles. The Labute approximate surface area is 116 Å². The lowest BCUT2D eigenvalue weighted by Crippen LogP contribution is -2.46. The van der Waals surface area contributed by atoms with E-state index < -0.39 is 5.60 Å². The van der Waals surface area contributed by atoms with Gasteiger partial charge in [0, 0.05) is 12.0 Å². The Morgan fingerprint density at radius 1 is 1.21 bits per heavy atom. The molecule has 1 rings (SSSR count). The molecule has 3 heteroatoms. The Morgan fingerprint density at radius 3 is 2.32 bits per heavy atom. The van der Waals surface area contributed by atoms with Crippen molar-refractivity contribution in [1.82, 2.24) is 5.32 Å². The van der Waals surface area contributed by atoms with Crippen molar-refractivity contribution in [2.75, 3.05) is 6.54 Å². The van der Waals surface area contributed by atoms with E-state index in [2.05, 4.69) is 51.2 Å². The van der Waals surface area contributed by atoms with Crippen molar-refractivity contribution in [3.05, 3.63) is 34.9 Å². The maximum Gasteiger partial charge on any atom is 0.251 e. The van der Waals surface area contributed by atoms with Crippen LogP contribution in [0, 0.1) is 13.8 Å². The van der Waals surface area contributed by atoms with Gasteiger partial charge in [-0.1, -0.05) is 37.6 Å². The summed E-state index contributed by atoms with van der Waals surface area (Å²) in [6.45, 7) is 11.8. The van der Waals surface area contributed by atoms with Crippen molar-refractivity contribution >= 4 is 5.91 Å². The standard InChI is InChI=1S/C16H25NO2/c1-11-7-8-12(2)13(9-11)15(3,4)10-17-14(18)16(5,6)19/h7-9,19H,10H2,1-6H3,(H,17,18). The molecule has 0 bridgehead atoms. The van der Waals surface area contributed by atoms with Crippen LogP contribution in [-0.4, -0.2) is 23.2 Å². The molecule has 2 N–H and O–H groups in total. The first-order chi connectivity index (χ1) is 8.54. The van der Waals surface area contributed by atoms with Crippen LogP contribution in [0.4, 0.5) is 0 Å². The van der Waals surface area contributed by atoms with Crippen LogP contribution in [0.5, 0.6) is 0 Å². The van der Waals surface area contributed by atoms with Crippen LogP contribution in [0.25, 0.3) is 0 Å². The first kappa shape index (κ1) is 15.7. The maximum absolute atomic E-state index is 11.7. The van der Waals surface area contributed by atoms with Gasteiger partial charge in [-0.25, -0.2) is 0 Å². The fourth-order valence-electron chi connectivity index (χ4n) is 2.08. The van der Waals surface area contributed by atoms with Crippen LogP contribution in [-0.2, 0) is 10.2 Å². The van der Waals surface area contributed by atoms with Crippen molar-refractivity contribution < 1.29 is 9.90 Å². The number of hydrogen-bond acceptors (Lipinski definition) is 2. The largest absolute Gasteiger partial charge is 0.381 e. The first-order valence-corrected chi connectivity index (χ1v) is 6.62. The average molecular weight is 263 g/mol. The van der Waals surface area contributed by atoms with E-state index in [4.69, 9.17) is 0 Å². The molecule has 0 aromatic heterocycles. The zero-order chi connectivity index (χ0) is 14.8. The maximum atomic E-state index is 11.7. The second-order valence-electron chi connectivity index (χ2n) is 6.44. The Morgan fingerprint density at radius 2 is 1.79 bits per heavy atom. The molecule has 106 valence electrons. The van der Waals surface area contributed by atoms with Gasteiger partial charge in [-0.3, -0.25) is 4.79 Å². The molecular weight excluding hydrogens is 238 g/mol. The summed E-state index contributed by atoms with van der Waals surface area (Å²) >= 11 is 0. The highest BCUT2D eigenvalue weighted by Gasteiger charge is 2.28. The smallest absolute Gasteiger partial charge is 0.251 e. The molecule has 0 atom stereocenters. The molecule has 3 nitrogen and oxygen atoms in total. The zero-order valence-corrected chi connectivity index (χ0v) is 12.8. The van der Waals surface area contributed by atoms with E-state index in [0.29, 0.717) is 6.54 Å². The Kier molecular flexibility index (Phi) is 4.41. The highest BCUT2D eigenvalue weighted by molar-refractivity contribution is 5.83. The average Bonchev–Trinajstić information content (AvgIpc) is 2.28. The van der Waals surface area contributed by atoms with Crippen LogP contribution >= 0.6 is 0 Å². The van der Waals surface area contributed by atoms with Crippen molar-refractivity contribution in [1.29, 1.82) is 0 Å². The third-order valence-electron chi connectivity index (χ3n) is 3.37. The van der Waals surface area contributed by atoms with Crippen LogP contribution in [0.1, 0.15) is 44.4 Å². The van der Waals surface area contributed by atoms with Crippen LogP contribution < -0.4 is 5.32 Å². The minimum atomic E-state index is -1.34. The fraction of sp³-hybridized carbons (Fsp3) is 0.562. The van der Waals surface area contributed by atoms with Gasteiger partial charge in [0.25, 0.3) is 5.91 Å². The lowest BCUT2D eigenvalue weighted by molar-refractivity contribution is -0.136. The summed E-state index contributed by atoms with van der Waals surface area (Å²) in [5.74, 6) is -0.342. The van der Waals surface area contributed by atoms with Gasteiger partial charge in [0.05, 0.1) is 0 Å². The highest BCUT2D eigenvalue weighted by atomic mass is 16.3. The van der Waals surface area contributed by atoms with Gasteiger partial charge in [0.2, 0.25) is 0 Å². The highest BCUT2D eigenvalue weighted by Crippen LogP contribution is 2.26. The minimum absolute atomic E-state index is 0.170. The summed E-state index contributed by atoms with van der Waals surface area (Å²) in [5, 5.41) is 12.5. The molecule has 0 fully saturated rings. The van der Waals surface area contributed by atoms with E-state index in [0.717, 1.165) is 0 Å². The quantitative estimate of drug-likeness (QED) is 0.876. The molecule has 0 saturated carbocycles. The normalized spacial score (nSPS) is 12.4. The lowest BCUT2D eigenvalue weighted by atomic mass is 9.81. The van der Waals surface area contributed by atoms with Crippen molar-refractivity contribution in [3.63, 3.8) is 0 Å². The van der Waals surface area contributed by atoms with Crippen molar-refractivity contribution in [2.24, 2.45) is 0 Å². The summed E-state index contributed by atoms with van der Waals surface area (Å²) in [7, 11) is 0. The number of aliphatic hydroxyl groups is 1. The number of benzene rings is 1. The van der Waals surface area contributed by atoms with Crippen LogP contribution in [0.15, 0.2) is 18.2 Å². The number of hydrogen-bond donors (Lipinski definition) is 2. The molecule has 0 heterocycles. The summed E-state index contributed by atoms with van der Waals surface area (Å²) in [4.78, 5) is 11.7. The van der Waals surface area contributed by atoms with Gasteiger partial charge < -0.3 is 10.4 Å². The van der Waals surface area contributed by atoms with Gasteiger partial charge in [0.15, 0.2) is 0 Å². The Balaban J connectivity index is 2.87. The molecule has 1 amide bonds. The van der Waals surface area contributed by atoms with E-state index in [1.165, 1.54) is 30.5 Å². The number of amides is 1. The van der Waals surface area contributed by atoms with Gasteiger partial charge in [-0.15, -0.1) is 0 Å². The zero-order valence-electron chi connectivity index (χ0n) is 12.8. The number of carbonyl (C=O) groups is 1. The second-order valence-corrected chi connectivity index (χ2v) is 6.44. The fourth-order valence-corrected chi connectivity index (χ4v) is 2.08. The summed E-state index contributed by atoms with van der Waals surface area (Å²) in [6.07, 6.45) is 0. The third kappa shape index (κ3) is 4.06. The van der Waals surface area contributed by atoms with Gasteiger partial charge >= 0.3 is 0 Å². The van der Waals surface area contributed by atoms with Crippen molar-refractivity contribution in [3.8, 4) is 0 Å². The molecule has 1 aromatic rings. The topological polar surface area (TPSA) is 49.3 Å². The molecular formula is C16H25NO2. The SMILES string of the molecule is Cc1ccc(C)c(C(C)(C)CNC(=O)C(C)(C)O)c1. The van der Waals surface area contributed by atoms with Gasteiger partial charge in [-0.05, 0) is 38.8 Å². The summed E-state index contributed by atoms with van der Waals surface area (Å²) in [6, 6.07) is 6.35. The minimum Gasteiger partial charge on any atom is -0.381 e. The number of aryl methyl sites for hydroxylation is 2. The summed E-state index contributed by atoms with van der Waals surface area (Å²) in [5.41, 5.74) is 2.15. The molecule has 19 heavy (non-hydrogen) atoms. The first-order valence-electron chi connectivity index (χ1n) is 6.62. The molecule has 1 aromatic carbocycles. The molecule has 0 aliphatic carbocycles.